The van der Waals surface area contributed by atoms with E-state index in [2.05, 4.69) is 23.9 Å². The van der Waals surface area contributed by atoms with Crippen molar-refractivity contribution in [1.29, 1.82) is 0 Å². The molecule has 0 fully saturated rings. The molecule has 0 aromatic carbocycles. The third-order valence-corrected chi connectivity index (χ3v) is 7.16. The summed E-state index contributed by atoms with van der Waals surface area (Å²) in [4.78, 5) is 1.32. The van der Waals surface area contributed by atoms with Gasteiger partial charge in [-0.25, -0.2) is 16.8 Å². The van der Waals surface area contributed by atoms with Crippen molar-refractivity contribution in [2.24, 2.45) is 0 Å². The Labute approximate surface area is 168 Å². The number of rotatable bonds is 8. The van der Waals surface area contributed by atoms with Gasteiger partial charge in [0, 0.05) is 26.4 Å². The van der Waals surface area contributed by atoms with Crippen LogP contribution in [-0.2, 0) is 33.0 Å². The summed E-state index contributed by atoms with van der Waals surface area (Å²) in [6, 6.07) is 0. The van der Waals surface area contributed by atoms with Gasteiger partial charge in [0.1, 0.15) is 6.54 Å². The molecule has 29 heavy (non-hydrogen) atoms. The summed E-state index contributed by atoms with van der Waals surface area (Å²) < 4.78 is 111. The molecule has 0 saturated carbocycles. The molecular weight excluding hydrogens is 474 g/mol. The lowest BCUT2D eigenvalue weighted by molar-refractivity contribution is -0.698. The first-order chi connectivity index (χ1) is 13.0. The smallest absolute Gasteiger partial charge is 0.421 e. The first kappa shape index (κ1) is 28.0. The fourth-order valence-electron chi connectivity index (χ4n) is 1.76. The van der Waals surface area contributed by atoms with Gasteiger partial charge in [-0.1, -0.05) is 24.7 Å². The van der Waals surface area contributed by atoms with E-state index in [1.165, 1.54) is 29.8 Å². The monoisotopic (exact) mass is 494 g/mol. The van der Waals surface area contributed by atoms with Crippen molar-refractivity contribution in [3.63, 3.8) is 0 Å². The van der Waals surface area contributed by atoms with E-state index in [-0.39, 0.29) is 6.61 Å². The minimum absolute atomic E-state index is 0.260. The number of hydrogen-bond donors (Lipinski definition) is 1. The number of unbranched alkanes of at least 4 members (excludes halogenated alkanes) is 2. The van der Waals surface area contributed by atoms with Crippen LogP contribution in [-0.4, -0.2) is 39.6 Å². The molecule has 1 rings (SSSR count). The number of thiazole rings is 1. The molecule has 0 aliphatic carbocycles. The lowest BCUT2D eigenvalue weighted by atomic mass is 10.2. The second kappa shape index (κ2) is 10.9. The highest BCUT2D eigenvalue weighted by Gasteiger charge is 2.46. The summed E-state index contributed by atoms with van der Waals surface area (Å²) in [6.07, 6.45) is 4.64. The van der Waals surface area contributed by atoms with Crippen LogP contribution in [0.3, 0.4) is 0 Å². The molecule has 0 aliphatic rings. The molecule has 0 aliphatic heterocycles. The average molecular weight is 495 g/mol. The van der Waals surface area contributed by atoms with E-state index in [9.17, 15) is 43.2 Å². The average Bonchev–Trinajstić information content (AvgIpc) is 2.86. The number of halogens is 6. The Bertz CT molecular complexity index is 805. The number of nitrogens with zero attached hydrogens (tertiary/aromatic N) is 2. The van der Waals surface area contributed by atoms with Crippen LogP contribution in [0.1, 0.15) is 36.8 Å². The zero-order valence-corrected chi connectivity index (χ0v) is 17.7. The van der Waals surface area contributed by atoms with Crippen LogP contribution >= 0.6 is 11.3 Å². The summed E-state index contributed by atoms with van der Waals surface area (Å²) in [5, 5.41) is 8.86. The summed E-state index contributed by atoms with van der Waals surface area (Å²) in [5.41, 5.74) is -8.90. The maximum absolute atomic E-state index is 11.4. The maximum atomic E-state index is 11.4. The standard InChI is InChI=1S/C11H20NOS.C2F6NO4S2/c1-3-4-5-7-12-9-14-11(6-8-13)10(12)2;3-1(4,5)14(10,11)9-15(12,13)2(6,7)8/h9,13H,3-8H2,1-2H3;/q+1;-1. The number of alkyl halides is 6. The van der Waals surface area contributed by atoms with Gasteiger partial charge in [-0.3, -0.25) is 0 Å². The van der Waals surface area contributed by atoms with Crippen LogP contribution in [0.5, 0.6) is 0 Å². The van der Waals surface area contributed by atoms with Gasteiger partial charge in [-0.05, 0) is 6.42 Å². The topological polar surface area (TPSA) is 106 Å². The second-order valence-electron chi connectivity index (χ2n) is 5.52. The molecule has 0 bridgehead atoms. The van der Waals surface area contributed by atoms with E-state index in [4.69, 9.17) is 5.11 Å². The number of hydrogen-bond acceptors (Lipinski definition) is 6. The van der Waals surface area contributed by atoms with Gasteiger partial charge >= 0.3 is 11.0 Å². The zero-order valence-electron chi connectivity index (χ0n) is 15.3. The van der Waals surface area contributed by atoms with Crippen LogP contribution < -0.4 is 4.57 Å². The first-order valence-electron chi connectivity index (χ1n) is 7.94. The largest absolute Gasteiger partial charge is 0.480 e. The van der Waals surface area contributed by atoms with E-state index in [0.717, 1.165) is 17.1 Å². The van der Waals surface area contributed by atoms with Crippen molar-refractivity contribution in [2.75, 3.05) is 6.61 Å². The summed E-state index contributed by atoms with van der Waals surface area (Å²) in [7, 11) is -13.4. The van der Waals surface area contributed by atoms with Crippen molar-refractivity contribution in [3.8, 4) is 0 Å². The molecule has 16 heteroatoms. The van der Waals surface area contributed by atoms with E-state index in [1.807, 2.05) is 0 Å². The predicted octanol–water partition coefficient (Wildman–Crippen LogP) is 3.13. The van der Waals surface area contributed by atoms with Gasteiger partial charge in [-0.2, -0.15) is 30.9 Å². The number of aliphatic hydroxyl groups excluding tert-OH is 1. The number of aliphatic hydroxyl groups is 1. The Morgan fingerprint density at radius 3 is 1.90 bits per heavy atom. The zero-order chi connectivity index (χ0) is 23.1. The van der Waals surface area contributed by atoms with E-state index < -0.39 is 31.1 Å². The fourth-order valence-corrected chi connectivity index (χ4v) is 4.48. The minimum atomic E-state index is -6.72. The third kappa shape index (κ3) is 8.74. The lowest BCUT2D eigenvalue weighted by Gasteiger charge is -2.22. The second-order valence-corrected chi connectivity index (χ2v) is 9.88. The Balaban J connectivity index is 0.000000541. The molecule has 172 valence electrons. The van der Waals surface area contributed by atoms with Crippen LogP contribution in [0.25, 0.3) is 4.13 Å². The fraction of sp³-hybridized carbons (Fsp3) is 0.769. The van der Waals surface area contributed by atoms with Crippen molar-refractivity contribution in [2.45, 2.75) is 57.1 Å². The minimum Gasteiger partial charge on any atom is -0.421 e. The molecule has 0 radical (unpaired) electrons. The molecule has 0 saturated heterocycles. The highest BCUT2D eigenvalue weighted by atomic mass is 32.3. The Kier molecular flexibility index (Phi) is 10.5. The van der Waals surface area contributed by atoms with Gasteiger partial charge in [0.05, 0.1) is 4.88 Å². The molecule has 1 aromatic rings. The van der Waals surface area contributed by atoms with Crippen LogP contribution in [0, 0.1) is 6.92 Å². The molecule has 0 amide bonds. The quantitative estimate of drug-likeness (QED) is 0.340. The van der Waals surface area contributed by atoms with E-state index >= 15 is 0 Å². The first-order valence-corrected chi connectivity index (χ1v) is 11.7. The number of aromatic nitrogens is 1. The molecule has 0 atom stereocenters. The van der Waals surface area contributed by atoms with Gasteiger partial charge in [0.15, 0.2) is 25.7 Å². The molecule has 7 nitrogen and oxygen atoms in total. The van der Waals surface area contributed by atoms with Gasteiger partial charge < -0.3 is 9.23 Å². The van der Waals surface area contributed by atoms with Crippen molar-refractivity contribution < 1.29 is 52.9 Å². The van der Waals surface area contributed by atoms with Gasteiger partial charge in [0.25, 0.3) is 0 Å². The van der Waals surface area contributed by atoms with Crippen molar-refractivity contribution in [1.82, 2.24) is 0 Å². The van der Waals surface area contributed by atoms with E-state index in [0.29, 0.717) is 0 Å². The third-order valence-electron chi connectivity index (χ3n) is 3.28. The Hall–Kier alpha value is -0.970. The highest BCUT2D eigenvalue weighted by molar-refractivity contribution is 8.13. The van der Waals surface area contributed by atoms with Gasteiger partial charge in [-0.15, -0.1) is 0 Å². The molecule has 0 unspecified atom stereocenters. The summed E-state index contributed by atoms with van der Waals surface area (Å²) >= 11 is 1.76. The number of sulfonamides is 2. The number of aryl methyl sites for hydroxylation is 1. The summed E-state index contributed by atoms with van der Waals surface area (Å²) in [5.74, 6) is 0. The SMILES string of the molecule is CCCCC[n+]1csc(CCO)c1C.O=S(=O)([N-]S(=O)(=O)C(F)(F)F)C(F)(F)F. The maximum Gasteiger partial charge on any atom is 0.480 e. The Morgan fingerprint density at radius 1 is 1.03 bits per heavy atom. The van der Waals surface area contributed by atoms with E-state index in [1.54, 1.807) is 11.3 Å². The molecule has 1 heterocycles. The predicted molar refractivity (Wildman–Crippen MR) is 92.9 cm³/mol. The molecule has 1 aromatic heterocycles. The van der Waals surface area contributed by atoms with Crippen LogP contribution in [0.4, 0.5) is 26.3 Å². The van der Waals surface area contributed by atoms with Crippen molar-refractivity contribution in [3.05, 3.63) is 20.2 Å². The van der Waals surface area contributed by atoms with Crippen LogP contribution in [0.15, 0.2) is 5.51 Å². The lowest BCUT2D eigenvalue weighted by Crippen LogP contribution is -2.34. The summed E-state index contributed by atoms with van der Waals surface area (Å²) in [6.45, 7) is 5.76. The normalized spacial score (nSPS) is 13.1. The van der Waals surface area contributed by atoms with Gasteiger partial charge in [0.2, 0.25) is 5.51 Å². The highest BCUT2D eigenvalue weighted by Crippen LogP contribution is 2.36. The molecular formula is C13H20F6N2O5S3. The molecule has 1 N–H and O–H groups in total. The molecule has 0 spiro atoms. The van der Waals surface area contributed by atoms with Crippen LogP contribution in [0.2, 0.25) is 0 Å². The Morgan fingerprint density at radius 2 is 1.52 bits per heavy atom. The van der Waals surface area contributed by atoms with Crippen molar-refractivity contribution >= 4 is 31.4 Å².